The first-order valence-electron chi connectivity index (χ1n) is 13.7. The summed E-state index contributed by atoms with van der Waals surface area (Å²) in [6, 6.07) is 20.0. The molecule has 3 aromatic rings. The molecule has 6 rings (SSSR count). The fourth-order valence-corrected chi connectivity index (χ4v) is 7.71. The van der Waals surface area contributed by atoms with Crippen molar-refractivity contribution in [3.05, 3.63) is 77.6 Å². The summed E-state index contributed by atoms with van der Waals surface area (Å²) in [6.45, 7) is 4.66. The third-order valence-corrected chi connectivity index (χ3v) is 9.22. The molecule has 0 spiro atoms. The average molecular weight is 452 g/mol. The first-order chi connectivity index (χ1) is 16.7. The van der Waals surface area contributed by atoms with Crippen molar-refractivity contribution in [2.24, 2.45) is 11.8 Å². The van der Waals surface area contributed by atoms with E-state index in [9.17, 15) is 0 Å². The highest BCUT2D eigenvalue weighted by atomic mass is 15.2. The molecule has 0 saturated heterocycles. The van der Waals surface area contributed by atoms with E-state index in [0.717, 1.165) is 11.8 Å². The molecule has 2 nitrogen and oxygen atoms in total. The van der Waals surface area contributed by atoms with Gasteiger partial charge in [-0.3, -0.25) is 0 Å². The molecule has 0 unspecified atom stereocenters. The highest BCUT2D eigenvalue weighted by molar-refractivity contribution is 5.61. The first-order valence-corrected chi connectivity index (χ1v) is 13.7. The number of hydrogen-bond acceptors (Lipinski definition) is 0. The molecule has 2 heterocycles. The summed E-state index contributed by atoms with van der Waals surface area (Å²) in [7, 11) is 0. The van der Waals surface area contributed by atoms with Gasteiger partial charge >= 0.3 is 0 Å². The van der Waals surface area contributed by atoms with Gasteiger partial charge in [-0.2, -0.15) is 9.13 Å². The van der Waals surface area contributed by atoms with E-state index in [1.807, 2.05) is 0 Å². The van der Waals surface area contributed by atoms with Gasteiger partial charge < -0.3 is 0 Å². The van der Waals surface area contributed by atoms with Gasteiger partial charge in [0, 0.05) is 6.92 Å². The molecule has 0 bridgehead atoms. The molecule has 1 aromatic heterocycles. The Morgan fingerprint density at radius 1 is 0.735 bits per heavy atom. The monoisotopic (exact) mass is 451 g/mol. The lowest BCUT2D eigenvalue weighted by atomic mass is 9.57. The van der Waals surface area contributed by atoms with Crippen LogP contribution in [-0.2, 0) is 5.41 Å². The standard InChI is InChI=1S/C32H39N2/c1-24-14-12-13-21-29(24)34-25(2)30-32(27-17-8-4-9-18-27,28-19-10-5-11-20-28)22-23-33(30)31(34)26-15-6-3-7-16-26/h3,6-7,12-16,21-23,27-28H,4-5,8-11,17-20H2,1-2H3/q+1. The summed E-state index contributed by atoms with van der Waals surface area (Å²) in [5.74, 6) is 2.85. The number of allylic oxidation sites excluding steroid dienone is 1. The van der Waals surface area contributed by atoms with Gasteiger partial charge in [0.2, 0.25) is 0 Å². The van der Waals surface area contributed by atoms with Crippen molar-refractivity contribution in [1.82, 2.24) is 4.57 Å². The number of aromatic nitrogens is 2. The second-order valence-corrected chi connectivity index (χ2v) is 11.0. The van der Waals surface area contributed by atoms with Crippen LogP contribution in [0.4, 0.5) is 0 Å². The second-order valence-electron chi connectivity index (χ2n) is 11.0. The molecule has 0 amide bonds. The summed E-state index contributed by atoms with van der Waals surface area (Å²) in [5, 5.41) is 0. The van der Waals surface area contributed by atoms with E-state index in [2.05, 4.69) is 89.9 Å². The molecule has 0 atom stereocenters. The molecular weight excluding hydrogens is 412 g/mol. The van der Waals surface area contributed by atoms with Crippen LogP contribution >= 0.6 is 0 Å². The third-order valence-electron chi connectivity index (χ3n) is 9.22. The Labute approximate surface area is 205 Å². The zero-order chi connectivity index (χ0) is 23.1. The molecule has 176 valence electrons. The van der Waals surface area contributed by atoms with E-state index in [-0.39, 0.29) is 5.41 Å². The average Bonchev–Trinajstić information content (AvgIpc) is 3.43. The molecule has 2 heteroatoms. The minimum absolute atomic E-state index is 0.183. The van der Waals surface area contributed by atoms with E-state index in [1.165, 1.54) is 92.5 Å². The van der Waals surface area contributed by atoms with Crippen LogP contribution in [0.15, 0.2) is 60.7 Å². The molecule has 2 fully saturated rings. The fourth-order valence-electron chi connectivity index (χ4n) is 7.71. The number of benzene rings is 2. The topological polar surface area (TPSA) is 8.81 Å². The Hall–Kier alpha value is -2.61. The lowest BCUT2D eigenvalue weighted by molar-refractivity contribution is -0.563. The summed E-state index contributed by atoms with van der Waals surface area (Å²) in [5.41, 5.74) is 7.16. The van der Waals surface area contributed by atoms with E-state index in [0.29, 0.717) is 0 Å². The van der Waals surface area contributed by atoms with Crippen LogP contribution < -0.4 is 4.57 Å². The molecule has 34 heavy (non-hydrogen) atoms. The van der Waals surface area contributed by atoms with Gasteiger partial charge in [-0.15, -0.1) is 0 Å². The van der Waals surface area contributed by atoms with Crippen molar-refractivity contribution in [1.29, 1.82) is 0 Å². The number of imidazole rings is 1. The molecule has 2 saturated carbocycles. The van der Waals surface area contributed by atoms with Gasteiger partial charge in [-0.1, -0.05) is 74.9 Å². The Balaban J connectivity index is 1.63. The summed E-state index contributed by atoms with van der Waals surface area (Å²) >= 11 is 0. The summed E-state index contributed by atoms with van der Waals surface area (Å²) in [4.78, 5) is 0. The van der Waals surface area contributed by atoms with Crippen molar-refractivity contribution in [2.75, 3.05) is 0 Å². The highest BCUT2D eigenvalue weighted by Gasteiger charge is 2.55. The highest BCUT2D eigenvalue weighted by Crippen LogP contribution is 2.54. The van der Waals surface area contributed by atoms with Crippen molar-refractivity contribution in [2.45, 2.75) is 83.5 Å². The van der Waals surface area contributed by atoms with Gasteiger partial charge in [0.05, 0.1) is 17.2 Å². The van der Waals surface area contributed by atoms with Crippen molar-refractivity contribution in [3.63, 3.8) is 0 Å². The molecule has 2 aromatic carbocycles. The van der Waals surface area contributed by atoms with Crippen LogP contribution in [0.2, 0.25) is 0 Å². The van der Waals surface area contributed by atoms with Crippen LogP contribution in [0.25, 0.3) is 23.3 Å². The van der Waals surface area contributed by atoms with E-state index >= 15 is 0 Å². The van der Waals surface area contributed by atoms with Gasteiger partial charge in [0.1, 0.15) is 5.69 Å². The quantitative estimate of drug-likeness (QED) is 0.356. The third kappa shape index (κ3) is 3.33. The molecular formula is C32H39N2+. The van der Waals surface area contributed by atoms with Gasteiger partial charge in [0.15, 0.2) is 11.4 Å². The zero-order valence-electron chi connectivity index (χ0n) is 21.0. The van der Waals surface area contributed by atoms with Crippen LogP contribution in [0.3, 0.4) is 0 Å². The van der Waals surface area contributed by atoms with Crippen molar-refractivity contribution >= 4 is 6.20 Å². The first kappa shape index (κ1) is 21.9. The number of para-hydroxylation sites is 1. The van der Waals surface area contributed by atoms with Crippen LogP contribution in [0.5, 0.6) is 0 Å². The lowest BCUT2D eigenvalue weighted by Crippen LogP contribution is -2.46. The zero-order valence-corrected chi connectivity index (χ0v) is 21.0. The number of aryl methyl sites for hydroxylation is 1. The maximum atomic E-state index is 2.68. The van der Waals surface area contributed by atoms with Crippen molar-refractivity contribution < 1.29 is 4.57 Å². The molecule has 0 N–H and O–H groups in total. The van der Waals surface area contributed by atoms with E-state index in [4.69, 9.17) is 0 Å². The predicted molar refractivity (Wildman–Crippen MR) is 141 cm³/mol. The number of hydrogen-bond donors (Lipinski definition) is 0. The second kappa shape index (κ2) is 8.87. The lowest BCUT2D eigenvalue weighted by Gasteiger charge is -2.44. The Morgan fingerprint density at radius 2 is 1.32 bits per heavy atom. The minimum Gasteiger partial charge on any atom is -0.198 e. The van der Waals surface area contributed by atoms with E-state index < -0.39 is 0 Å². The normalized spacial score (nSPS) is 20.5. The Bertz CT molecular complexity index is 1170. The van der Waals surface area contributed by atoms with Gasteiger partial charge in [-0.05, 0) is 74.3 Å². The number of rotatable bonds is 4. The largest absolute Gasteiger partial charge is 0.299 e. The predicted octanol–water partition coefficient (Wildman–Crippen LogP) is 7.93. The maximum Gasteiger partial charge on any atom is 0.299 e. The van der Waals surface area contributed by atoms with Crippen molar-refractivity contribution in [3.8, 4) is 17.1 Å². The molecule has 2 aliphatic carbocycles. The van der Waals surface area contributed by atoms with Crippen LogP contribution in [0.1, 0.15) is 81.2 Å². The minimum atomic E-state index is 0.183. The van der Waals surface area contributed by atoms with Gasteiger partial charge in [0.25, 0.3) is 5.82 Å². The number of fused-ring (bicyclic) bond motifs is 1. The SMILES string of the molecule is Cc1ccccc1-n1c(C)c2[n+](c1-c1ccccc1)C=CC2(C1CCCCC1)C1CCCCC1. The smallest absolute Gasteiger partial charge is 0.198 e. The number of nitrogens with zero attached hydrogens (tertiary/aromatic N) is 2. The maximum absolute atomic E-state index is 2.68. The summed E-state index contributed by atoms with van der Waals surface area (Å²) in [6.07, 6.45) is 19.1. The van der Waals surface area contributed by atoms with E-state index in [1.54, 1.807) is 5.69 Å². The molecule has 3 aliphatic rings. The molecule has 1 aliphatic heterocycles. The van der Waals surface area contributed by atoms with Gasteiger partial charge in [-0.25, -0.2) is 0 Å². The van der Waals surface area contributed by atoms with Crippen LogP contribution in [-0.4, -0.2) is 4.57 Å². The Kier molecular flexibility index (Phi) is 5.71. The fraction of sp³-hybridized carbons (Fsp3) is 0.469. The van der Waals surface area contributed by atoms with Crippen LogP contribution in [0, 0.1) is 25.7 Å². The molecule has 0 radical (unpaired) electrons. The Morgan fingerprint density at radius 3 is 1.94 bits per heavy atom. The summed E-state index contributed by atoms with van der Waals surface area (Å²) < 4.78 is 5.17.